The van der Waals surface area contributed by atoms with Crippen LogP contribution < -0.4 is 5.32 Å². The molecule has 6 heteroatoms. The number of aryl methyl sites for hydroxylation is 1. The van der Waals surface area contributed by atoms with E-state index in [-0.39, 0.29) is 5.91 Å². The number of carbonyl (C=O) groups is 1. The minimum absolute atomic E-state index is 0.0886. The lowest BCUT2D eigenvalue weighted by Gasteiger charge is -2.22. The Labute approximate surface area is 163 Å². The van der Waals surface area contributed by atoms with E-state index in [1.807, 2.05) is 37.3 Å². The number of carbonyl (C=O) groups excluding carboxylic acids is 1. The Bertz CT molecular complexity index is 811. The molecule has 4 nitrogen and oxygen atoms in total. The second-order valence-corrected chi connectivity index (χ2v) is 8.70. The summed E-state index contributed by atoms with van der Waals surface area (Å²) in [5.41, 5.74) is 2.74. The maximum absolute atomic E-state index is 12.3. The first-order chi connectivity index (χ1) is 12.6. The molecule has 0 unspecified atom stereocenters. The van der Waals surface area contributed by atoms with E-state index in [4.69, 9.17) is 11.6 Å². The van der Waals surface area contributed by atoms with E-state index in [2.05, 4.69) is 15.3 Å². The summed E-state index contributed by atoms with van der Waals surface area (Å²) in [6, 6.07) is 9.92. The minimum Gasteiger partial charge on any atom is -0.352 e. The van der Waals surface area contributed by atoms with Gasteiger partial charge < -0.3 is 5.32 Å². The van der Waals surface area contributed by atoms with Crippen LogP contribution in [0.2, 0.25) is 5.02 Å². The molecule has 136 valence electrons. The van der Waals surface area contributed by atoms with Crippen LogP contribution >= 0.6 is 23.4 Å². The lowest BCUT2D eigenvalue weighted by atomic mass is 9.95. The average Bonchev–Trinajstić information content (AvgIpc) is 3.23. The second-order valence-electron chi connectivity index (χ2n) is 7.32. The van der Waals surface area contributed by atoms with Gasteiger partial charge in [-0.2, -0.15) is 0 Å². The van der Waals surface area contributed by atoms with Crippen LogP contribution in [0.1, 0.15) is 31.4 Å². The van der Waals surface area contributed by atoms with Crippen molar-refractivity contribution in [2.75, 3.05) is 5.75 Å². The zero-order chi connectivity index (χ0) is 18.1. The van der Waals surface area contributed by atoms with E-state index < -0.39 is 0 Å². The van der Waals surface area contributed by atoms with Gasteiger partial charge >= 0.3 is 0 Å². The first kappa shape index (κ1) is 17.8. The number of fused-ring (bicyclic) bond motifs is 2. The predicted molar refractivity (Wildman–Crippen MR) is 105 cm³/mol. The summed E-state index contributed by atoms with van der Waals surface area (Å²) in [4.78, 5) is 21.4. The third-order valence-corrected chi connectivity index (χ3v) is 6.49. The van der Waals surface area contributed by atoms with Crippen molar-refractivity contribution < 1.29 is 4.79 Å². The van der Waals surface area contributed by atoms with E-state index in [1.54, 1.807) is 0 Å². The van der Waals surface area contributed by atoms with Crippen molar-refractivity contribution in [3.63, 3.8) is 0 Å². The summed E-state index contributed by atoms with van der Waals surface area (Å²) in [7, 11) is 0. The van der Waals surface area contributed by atoms with Crippen LogP contribution in [-0.4, -0.2) is 27.7 Å². The number of benzene rings is 1. The van der Waals surface area contributed by atoms with Gasteiger partial charge in [0, 0.05) is 22.3 Å². The maximum Gasteiger partial charge on any atom is 0.230 e. The lowest BCUT2D eigenvalue weighted by molar-refractivity contribution is -0.119. The standard InChI is InChI=1S/C20H22ClN3OS/c1-12-8-17(14-4-6-16(21)7-5-14)24-20(22-12)26-11-19(25)23-18-10-13-2-3-15(18)9-13/h4-8,13,15,18H,2-3,9-11H2,1H3,(H,23,25)/t13-,15-,18+/m1/s1. The van der Waals surface area contributed by atoms with Crippen LogP contribution in [0.4, 0.5) is 0 Å². The Morgan fingerprint density at radius 3 is 2.73 bits per heavy atom. The molecule has 1 N–H and O–H groups in total. The Morgan fingerprint density at radius 1 is 1.23 bits per heavy atom. The van der Waals surface area contributed by atoms with Crippen LogP contribution in [0.25, 0.3) is 11.3 Å². The lowest BCUT2D eigenvalue weighted by Crippen LogP contribution is -2.39. The van der Waals surface area contributed by atoms with Crippen LogP contribution in [-0.2, 0) is 4.79 Å². The van der Waals surface area contributed by atoms with Crippen LogP contribution in [0, 0.1) is 18.8 Å². The van der Waals surface area contributed by atoms with Crippen molar-refractivity contribution in [1.29, 1.82) is 0 Å². The summed E-state index contributed by atoms with van der Waals surface area (Å²) in [6.07, 6.45) is 5.07. The Morgan fingerprint density at radius 2 is 2.04 bits per heavy atom. The molecule has 1 aromatic carbocycles. The van der Waals surface area contributed by atoms with Crippen molar-refractivity contribution >= 4 is 29.3 Å². The number of nitrogens with one attached hydrogen (secondary N) is 1. The highest BCUT2D eigenvalue weighted by Crippen LogP contribution is 2.44. The van der Waals surface area contributed by atoms with Gasteiger partial charge in [-0.15, -0.1) is 0 Å². The Kier molecular flexibility index (Phi) is 5.18. The number of halogens is 1. The normalized spacial score (nSPS) is 24.0. The molecule has 0 radical (unpaired) electrons. The zero-order valence-electron chi connectivity index (χ0n) is 14.7. The Balaban J connectivity index is 1.38. The molecule has 2 aliphatic carbocycles. The average molecular weight is 388 g/mol. The molecule has 3 atom stereocenters. The fourth-order valence-electron chi connectivity index (χ4n) is 4.17. The number of amides is 1. The smallest absolute Gasteiger partial charge is 0.230 e. The number of thioether (sulfide) groups is 1. The van der Waals surface area contributed by atoms with Crippen molar-refractivity contribution in [1.82, 2.24) is 15.3 Å². The van der Waals surface area contributed by atoms with Gasteiger partial charge in [0.1, 0.15) is 0 Å². The molecular formula is C20H22ClN3OS. The molecule has 0 aliphatic heterocycles. The molecule has 2 fully saturated rings. The minimum atomic E-state index is 0.0886. The summed E-state index contributed by atoms with van der Waals surface area (Å²) >= 11 is 7.36. The van der Waals surface area contributed by atoms with Gasteiger partial charge in [-0.1, -0.05) is 41.9 Å². The first-order valence-electron chi connectivity index (χ1n) is 9.10. The number of aromatic nitrogens is 2. The van der Waals surface area contributed by atoms with Crippen molar-refractivity contribution in [3.8, 4) is 11.3 Å². The molecule has 2 bridgehead atoms. The van der Waals surface area contributed by atoms with Gasteiger partial charge in [-0.05, 0) is 56.2 Å². The predicted octanol–water partition coefficient (Wildman–Crippen LogP) is 4.50. The van der Waals surface area contributed by atoms with Gasteiger partial charge in [0.15, 0.2) is 5.16 Å². The molecule has 2 saturated carbocycles. The number of rotatable bonds is 5. The first-order valence-corrected chi connectivity index (χ1v) is 10.5. The second kappa shape index (κ2) is 7.57. The van der Waals surface area contributed by atoms with Crippen molar-refractivity contribution in [2.45, 2.75) is 43.8 Å². The highest BCUT2D eigenvalue weighted by atomic mass is 35.5. The summed E-state index contributed by atoms with van der Waals surface area (Å²) in [5.74, 6) is 1.98. The summed E-state index contributed by atoms with van der Waals surface area (Å²) < 4.78 is 0. The van der Waals surface area contributed by atoms with Crippen LogP contribution in [0.5, 0.6) is 0 Å². The van der Waals surface area contributed by atoms with E-state index in [1.165, 1.54) is 31.0 Å². The van der Waals surface area contributed by atoms with E-state index in [0.29, 0.717) is 27.9 Å². The summed E-state index contributed by atoms with van der Waals surface area (Å²) in [5, 5.41) is 4.56. The topological polar surface area (TPSA) is 54.9 Å². The monoisotopic (exact) mass is 387 g/mol. The molecule has 1 aromatic heterocycles. The SMILES string of the molecule is Cc1cc(-c2ccc(Cl)cc2)nc(SCC(=O)N[C@H]2C[C@@H]3CC[C@@H]2C3)n1. The number of hydrogen-bond acceptors (Lipinski definition) is 4. The molecule has 0 spiro atoms. The molecule has 1 heterocycles. The van der Waals surface area contributed by atoms with Crippen molar-refractivity contribution in [3.05, 3.63) is 41.0 Å². The fourth-order valence-corrected chi connectivity index (χ4v) is 5.02. The third kappa shape index (κ3) is 4.04. The molecule has 0 saturated heterocycles. The van der Waals surface area contributed by atoms with Gasteiger partial charge in [0.25, 0.3) is 0 Å². The molecule has 1 amide bonds. The number of hydrogen-bond donors (Lipinski definition) is 1. The molecule has 2 aliphatic rings. The van der Waals surface area contributed by atoms with Gasteiger partial charge in [0.2, 0.25) is 5.91 Å². The molecule has 4 rings (SSSR count). The third-order valence-electron chi connectivity index (χ3n) is 5.39. The van der Waals surface area contributed by atoms with E-state index in [0.717, 1.165) is 29.3 Å². The largest absolute Gasteiger partial charge is 0.352 e. The van der Waals surface area contributed by atoms with E-state index in [9.17, 15) is 4.79 Å². The summed E-state index contributed by atoms with van der Waals surface area (Å²) in [6.45, 7) is 1.94. The van der Waals surface area contributed by atoms with Crippen LogP contribution in [0.15, 0.2) is 35.5 Å². The zero-order valence-corrected chi connectivity index (χ0v) is 16.3. The highest BCUT2D eigenvalue weighted by molar-refractivity contribution is 7.99. The van der Waals surface area contributed by atoms with Crippen molar-refractivity contribution in [2.24, 2.45) is 11.8 Å². The highest BCUT2D eigenvalue weighted by Gasteiger charge is 2.39. The Hall–Kier alpha value is -1.59. The quantitative estimate of drug-likeness (QED) is 0.606. The molecular weight excluding hydrogens is 366 g/mol. The van der Waals surface area contributed by atoms with Gasteiger partial charge in [-0.3, -0.25) is 4.79 Å². The van der Waals surface area contributed by atoms with E-state index >= 15 is 0 Å². The number of nitrogens with zero attached hydrogens (tertiary/aromatic N) is 2. The molecule has 2 aromatic rings. The van der Waals surface area contributed by atoms with Crippen LogP contribution in [0.3, 0.4) is 0 Å². The maximum atomic E-state index is 12.3. The van der Waals surface area contributed by atoms with Gasteiger partial charge in [0.05, 0.1) is 11.4 Å². The molecule has 26 heavy (non-hydrogen) atoms. The fraction of sp³-hybridized carbons (Fsp3) is 0.450. The van der Waals surface area contributed by atoms with Gasteiger partial charge in [-0.25, -0.2) is 9.97 Å².